The molecule has 0 spiro atoms. The molecule has 7 nitrogen and oxygen atoms in total. The maximum atomic E-state index is 13.1. The SMILES string of the molecule is CCOC(=O)[C@H]1C(=O)NC(N2CCN(c3cccc(C(F)(F)F)c3)CC2)=N[C@@H]1c1ccccc1. The van der Waals surface area contributed by atoms with Gasteiger partial charge in [-0.25, -0.2) is 4.99 Å². The van der Waals surface area contributed by atoms with Crippen molar-refractivity contribution in [2.75, 3.05) is 37.7 Å². The molecule has 34 heavy (non-hydrogen) atoms. The van der Waals surface area contributed by atoms with Crippen LogP contribution >= 0.6 is 0 Å². The minimum absolute atomic E-state index is 0.151. The van der Waals surface area contributed by atoms with Crippen LogP contribution in [0, 0.1) is 5.92 Å². The highest BCUT2D eigenvalue weighted by molar-refractivity contribution is 6.08. The molecule has 1 fully saturated rings. The molecule has 4 rings (SSSR count). The number of ether oxygens (including phenoxy) is 1. The maximum Gasteiger partial charge on any atom is 0.416 e. The maximum absolute atomic E-state index is 13.1. The molecule has 2 aromatic carbocycles. The lowest BCUT2D eigenvalue weighted by Gasteiger charge is -2.39. The number of nitrogens with zero attached hydrogens (tertiary/aromatic N) is 3. The van der Waals surface area contributed by atoms with Crippen LogP contribution in [0.3, 0.4) is 0 Å². The van der Waals surface area contributed by atoms with Gasteiger partial charge in [-0.05, 0) is 30.7 Å². The lowest BCUT2D eigenvalue weighted by Crippen LogP contribution is -2.57. The van der Waals surface area contributed by atoms with Crippen molar-refractivity contribution < 1.29 is 27.5 Å². The third-order valence-corrected chi connectivity index (χ3v) is 5.89. The van der Waals surface area contributed by atoms with E-state index in [4.69, 9.17) is 9.73 Å². The number of benzene rings is 2. The van der Waals surface area contributed by atoms with Crippen molar-refractivity contribution in [3.63, 3.8) is 0 Å². The van der Waals surface area contributed by atoms with E-state index in [1.807, 2.05) is 40.1 Å². The zero-order valence-electron chi connectivity index (χ0n) is 18.6. The molecule has 1 N–H and O–H groups in total. The van der Waals surface area contributed by atoms with Crippen LogP contribution in [0.25, 0.3) is 0 Å². The summed E-state index contributed by atoms with van der Waals surface area (Å²) in [7, 11) is 0. The first-order valence-corrected chi connectivity index (χ1v) is 11.1. The summed E-state index contributed by atoms with van der Waals surface area (Å²) >= 11 is 0. The zero-order valence-corrected chi connectivity index (χ0v) is 18.6. The molecule has 2 aliphatic rings. The summed E-state index contributed by atoms with van der Waals surface area (Å²) in [6.07, 6.45) is -4.40. The van der Waals surface area contributed by atoms with E-state index in [2.05, 4.69) is 5.32 Å². The van der Waals surface area contributed by atoms with Crippen LogP contribution in [-0.4, -0.2) is 55.5 Å². The van der Waals surface area contributed by atoms with E-state index in [0.717, 1.165) is 17.7 Å². The molecule has 0 saturated carbocycles. The van der Waals surface area contributed by atoms with Crippen molar-refractivity contribution in [2.45, 2.75) is 19.1 Å². The number of carbonyl (C=O) groups is 2. The Hall–Kier alpha value is -3.56. The van der Waals surface area contributed by atoms with Gasteiger partial charge in [-0.3, -0.25) is 14.9 Å². The number of piperazine rings is 1. The van der Waals surface area contributed by atoms with Gasteiger partial charge in [0.25, 0.3) is 0 Å². The highest BCUT2D eigenvalue weighted by Crippen LogP contribution is 2.33. The van der Waals surface area contributed by atoms with Gasteiger partial charge in [0.15, 0.2) is 5.92 Å². The normalized spacial score (nSPS) is 21.1. The second-order valence-corrected chi connectivity index (χ2v) is 8.05. The molecular weight excluding hydrogens is 449 g/mol. The average molecular weight is 474 g/mol. The molecule has 2 heterocycles. The van der Waals surface area contributed by atoms with E-state index in [-0.39, 0.29) is 6.61 Å². The lowest BCUT2D eigenvalue weighted by atomic mass is 9.91. The zero-order chi connectivity index (χ0) is 24.3. The topological polar surface area (TPSA) is 74.2 Å². The summed E-state index contributed by atoms with van der Waals surface area (Å²) in [5, 5.41) is 2.73. The molecule has 1 amide bonds. The van der Waals surface area contributed by atoms with Gasteiger partial charge in [0.2, 0.25) is 11.9 Å². The van der Waals surface area contributed by atoms with Gasteiger partial charge in [-0.15, -0.1) is 0 Å². The minimum Gasteiger partial charge on any atom is -0.465 e. The number of amides is 1. The molecule has 180 valence electrons. The van der Waals surface area contributed by atoms with Crippen molar-refractivity contribution in [1.29, 1.82) is 0 Å². The first-order chi connectivity index (χ1) is 16.3. The fraction of sp³-hybridized carbons (Fsp3) is 0.375. The van der Waals surface area contributed by atoms with Crippen LogP contribution in [0.4, 0.5) is 18.9 Å². The summed E-state index contributed by atoms with van der Waals surface area (Å²) in [6.45, 7) is 3.62. The average Bonchev–Trinajstić information content (AvgIpc) is 2.84. The Bertz CT molecular complexity index is 1070. The number of nitrogens with one attached hydrogen (secondary N) is 1. The van der Waals surface area contributed by atoms with Crippen LogP contribution in [0.1, 0.15) is 24.1 Å². The van der Waals surface area contributed by atoms with Crippen molar-refractivity contribution in [2.24, 2.45) is 10.9 Å². The lowest BCUT2D eigenvalue weighted by molar-refractivity contribution is -0.153. The first kappa shape index (κ1) is 23.6. The van der Waals surface area contributed by atoms with Gasteiger partial charge in [-0.2, -0.15) is 13.2 Å². The van der Waals surface area contributed by atoms with Crippen molar-refractivity contribution in [3.05, 3.63) is 65.7 Å². The fourth-order valence-corrected chi connectivity index (χ4v) is 4.17. The van der Waals surface area contributed by atoms with E-state index < -0.39 is 35.6 Å². The molecule has 0 aliphatic carbocycles. The number of hydrogen-bond donors (Lipinski definition) is 1. The minimum atomic E-state index is -4.40. The molecule has 2 aliphatic heterocycles. The quantitative estimate of drug-likeness (QED) is 0.544. The Morgan fingerprint density at radius 3 is 2.38 bits per heavy atom. The Kier molecular flexibility index (Phi) is 6.76. The number of halogens is 3. The molecule has 1 saturated heterocycles. The van der Waals surface area contributed by atoms with Gasteiger partial charge in [0, 0.05) is 31.9 Å². The number of carbonyl (C=O) groups excluding carboxylic acids is 2. The predicted molar refractivity (Wildman–Crippen MR) is 120 cm³/mol. The summed E-state index contributed by atoms with van der Waals surface area (Å²) < 4.78 is 44.3. The summed E-state index contributed by atoms with van der Waals surface area (Å²) in [4.78, 5) is 33.9. The Labute approximate surface area is 195 Å². The molecule has 0 unspecified atom stereocenters. The van der Waals surface area contributed by atoms with Crippen LogP contribution in [0.5, 0.6) is 0 Å². The fourth-order valence-electron chi connectivity index (χ4n) is 4.17. The van der Waals surface area contributed by atoms with E-state index in [1.54, 1.807) is 13.0 Å². The van der Waals surface area contributed by atoms with Crippen molar-refractivity contribution in [3.8, 4) is 0 Å². The van der Waals surface area contributed by atoms with E-state index >= 15 is 0 Å². The highest BCUT2D eigenvalue weighted by atomic mass is 19.4. The van der Waals surface area contributed by atoms with E-state index in [1.165, 1.54) is 6.07 Å². The number of anilines is 1. The van der Waals surface area contributed by atoms with Crippen LogP contribution in [-0.2, 0) is 20.5 Å². The molecule has 2 aromatic rings. The van der Waals surface area contributed by atoms with E-state index in [0.29, 0.717) is 37.8 Å². The number of rotatable bonds is 4. The van der Waals surface area contributed by atoms with E-state index in [9.17, 15) is 22.8 Å². The summed E-state index contributed by atoms with van der Waals surface area (Å²) in [5.41, 5.74) is 0.524. The van der Waals surface area contributed by atoms with Crippen LogP contribution in [0.15, 0.2) is 59.6 Å². The standard InChI is InChI=1S/C24H25F3N4O3/c1-2-34-22(33)19-20(16-7-4-3-5-8-16)28-23(29-21(19)32)31-13-11-30(12-14-31)18-10-6-9-17(15-18)24(25,26)27/h3-10,15,19-20H,2,11-14H2,1H3,(H,28,29,32)/t19-,20-/m1/s1. The van der Waals surface area contributed by atoms with Gasteiger partial charge >= 0.3 is 12.1 Å². The van der Waals surface area contributed by atoms with Crippen molar-refractivity contribution in [1.82, 2.24) is 10.2 Å². The second kappa shape index (κ2) is 9.74. The highest BCUT2D eigenvalue weighted by Gasteiger charge is 2.42. The van der Waals surface area contributed by atoms with Crippen LogP contribution < -0.4 is 10.2 Å². The molecule has 0 radical (unpaired) electrons. The summed E-state index contributed by atoms with van der Waals surface area (Å²) in [6, 6.07) is 13.6. The first-order valence-electron chi connectivity index (χ1n) is 11.1. The number of guanidine groups is 1. The largest absolute Gasteiger partial charge is 0.465 e. The smallest absolute Gasteiger partial charge is 0.416 e. The third-order valence-electron chi connectivity index (χ3n) is 5.89. The second-order valence-electron chi connectivity index (χ2n) is 8.05. The Morgan fingerprint density at radius 1 is 1.06 bits per heavy atom. The Morgan fingerprint density at radius 2 is 1.74 bits per heavy atom. The van der Waals surface area contributed by atoms with Gasteiger partial charge < -0.3 is 14.5 Å². The van der Waals surface area contributed by atoms with Crippen molar-refractivity contribution >= 4 is 23.5 Å². The van der Waals surface area contributed by atoms with Gasteiger partial charge in [-0.1, -0.05) is 36.4 Å². The van der Waals surface area contributed by atoms with Crippen LogP contribution in [0.2, 0.25) is 0 Å². The molecule has 0 bridgehead atoms. The number of hydrogen-bond acceptors (Lipinski definition) is 6. The number of aliphatic imine (C=N–C) groups is 1. The molecule has 0 aromatic heterocycles. The monoisotopic (exact) mass is 474 g/mol. The number of alkyl halides is 3. The third kappa shape index (κ3) is 5.00. The molecule has 2 atom stereocenters. The predicted octanol–water partition coefficient (Wildman–Crippen LogP) is 3.23. The number of esters is 1. The van der Waals surface area contributed by atoms with Gasteiger partial charge in [0.05, 0.1) is 12.2 Å². The van der Waals surface area contributed by atoms with Gasteiger partial charge in [0.1, 0.15) is 6.04 Å². The molecular formula is C24H25F3N4O3. The summed E-state index contributed by atoms with van der Waals surface area (Å²) in [5.74, 6) is -1.87. The molecule has 10 heteroatoms. The Balaban J connectivity index is 1.52.